The van der Waals surface area contributed by atoms with Crippen LogP contribution in [0.4, 0.5) is 0 Å². The predicted molar refractivity (Wildman–Crippen MR) is 125 cm³/mol. The maximum absolute atomic E-state index is 12.3. The molecule has 0 saturated heterocycles. The standard InChI is InChI=1S/C24H19Cl2N3O3/c1-13-7-8-16(26)12-19(13)29-22(17-11-15(25)9-10-20(17)32-3)21(24(30)31)28-23(29)18-6-4-5-14(2)27-18/h4-12H,1-3H3,(H,30,31). The van der Waals surface area contributed by atoms with Crippen molar-refractivity contribution in [1.29, 1.82) is 0 Å². The van der Waals surface area contributed by atoms with Crippen LogP contribution in [0, 0.1) is 13.8 Å². The van der Waals surface area contributed by atoms with Crippen LogP contribution in [0.25, 0.3) is 28.5 Å². The van der Waals surface area contributed by atoms with Gasteiger partial charge in [-0.2, -0.15) is 0 Å². The molecule has 0 amide bonds. The second-order valence-electron chi connectivity index (χ2n) is 7.21. The number of aromatic nitrogens is 3. The van der Waals surface area contributed by atoms with E-state index >= 15 is 0 Å². The number of aromatic carboxylic acids is 1. The van der Waals surface area contributed by atoms with Gasteiger partial charge in [-0.3, -0.25) is 4.57 Å². The molecule has 0 aliphatic carbocycles. The van der Waals surface area contributed by atoms with Gasteiger partial charge in [0.25, 0.3) is 0 Å². The van der Waals surface area contributed by atoms with Gasteiger partial charge in [0.1, 0.15) is 11.4 Å². The number of hydrogen-bond acceptors (Lipinski definition) is 4. The third-order valence-corrected chi connectivity index (χ3v) is 5.50. The van der Waals surface area contributed by atoms with Crippen LogP contribution in [0.3, 0.4) is 0 Å². The van der Waals surface area contributed by atoms with Crippen molar-refractivity contribution in [2.24, 2.45) is 0 Å². The monoisotopic (exact) mass is 467 g/mol. The van der Waals surface area contributed by atoms with E-state index in [-0.39, 0.29) is 5.69 Å². The zero-order valence-corrected chi connectivity index (χ0v) is 19.1. The van der Waals surface area contributed by atoms with E-state index in [1.807, 2.05) is 32.0 Å². The molecule has 0 unspecified atom stereocenters. The number of benzene rings is 2. The van der Waals surface area contributed by atoms with Crippen molar-refractivity contribution in [3.8, 4) is 34.2 Å². The SMILES string of the molecule is COc1ccc(Cl)cc1-c1c(C(=O)O)nc(-c2cccc(C)n2)n1-c1cc(Cl)ccc1C. The van der Waals surface area contributed by atoms with Crippen molar-refractivity contribution in [2.45, 2.75) is 13.8 Å². The Labute approximate surface area is 195 Å². The molecule has 0 radical (unpaired) electrons. The Morgan fingerprint density at radius 3 is 2.41 bits per heavy atom. The minimum Gasteiger partial charge on any atom is -0.496 e. The lowest BCUT2D eigenvalue weighted by atomic mass is 10.1. The number of methoxy groups -OCH3 is 1. The number of aryl methyl sites for hydroxylation is 2. The fraction of sp³-hybridized carbons (Fsp3) is 0.125. The van der Waals surface area contributed by atoms with Crippen LogP contribution in [0.15, 0.2) is 54.6 Å². The first-order valence-electron chi connectivity index (χ1n) is 9.70. The van der Waals surface area contributed by atoms with Crippen molar-refractivity contribution < 1.29 is 14.6 Å². The predicted octanol–water partition coefficient (Wildman–Crippen LogP) is 6.23. The fourth-order valence-electron chi connectivity index (χ4n) is 3.58. The summed E-state index contributed by atoms with van der Waals surface area (Å²) in [6.45, 7) is 3.78. The zero-order valence-electron chi connectivity index (χ0n) is 17.6. The van der Waals surface area contributed by atoms with E-state index in [0.29, 0.717) is 44.3 Å². The lowest BCUT2D eigenvalue weighted by molar-refractivity contribution is 0.0692. The molecule has 2 heterocycles. The Morgan fingerprint density at radius 1 is 1.00 bits per heavy atom. The number of pyridine rings is 1. The highest BCUT2D eigenvalue weighted by Crippen LogP contribution is 2.40. The molecular weight excluding hydrogens is 449 g/mol. The number of imidazole rings is 1. The molecule has 4 aromatic rings. The Bertz CT molecular complexity index is 1350. The van der Waals surface area contributed by atoms with Crippen molar-refractivity contribution >= 4 is 29.2 Å². The highest BCUT2D eigenvalue weighted by atomic mass is 35.5. The molecule has 4 rings (SSSR count). The Hall–Kier alpha value is -3.35. The summed E-state index contributed by atoms with van der Waals surface area (Å²) >= 11 is 12.6. The van der Waals surface area contributed by atoms with Gasteiger partial charge in [0, 0.05) is 21.3 Å². The van der Waals surface area contributed by atoms with Gasteiger partial charge in [-0.05, 0) is 61.9 Å². The van der Waals surface area contributed by atoms with Crippen molar-refractivity contribution in [2.75, 3.05) is 7.11 Å². The smallest absolute Gasteiger partial charge is 0.356 e. The number of hydrogen-bond donors (Lipinski definition) is 1. The van der Waals surface area contributed by atoms with Crippen LogP contribution in [0.5, 0.6) is 5.75 Å². The molecule has 2 aromatic heterocycles. The number of nitrogens with zero attached hydrogens (tertiary/aromatic N) is 3. The molecule has 0 atom stereocenters. The van der Waals surface area contributed by atoms with Gasteiger partial charge in [0.2, 0.25) is 0 Å². The van der Waals surface area contributed by atoms with Gasteiger partial charge < -0.3 is 9.84 Å². The summed E-state index contributed by atoms with van der Waals surface area (Å²) in [7, 11) is 1.52. The van der Waals surface area contributed by atoms with Crippen LogP contribution >= 0.6 is 23.2 Å². The van der Waals surface area contributed by atoms with Gasteiger partial charge in [0.05, 0.1) is 18.5 Å². The minimum absolute atomic E-state index is 0.150. The molecule has 8 heteroatoms. The Morgan fingerprint density at radius 2 is 1.72 bits per heavy atom. The molecule has 0 fully saturated rings. The van der Waals surface area contributed by atoms with E-state index in [4.69, 9.17) is 27.9 Å². The minimum atomic E-state index is -1.19. The van der Waals surface area contributed by atoms with Crippen molar-refractivity contribution in [1.82, 2.24) is 14.5 Å². The van der Waals surface area contributed by atoms with Gasteiger partial charge >= 0.3 is 5.97 Å². The van der Waals surface area contributed by atoms with Crippen LogP contribution < -0.4 is 4.74 Å². The second kappa shape index (κ2) is 8.65. The summed E-state index contributed by atoms with van der Waals surface area (Å²) in [5.41, 5.74) is 3.51. The quantitative estimate of drug-likeness (QED) is 0.376. The third-order valence-electron chi connectivity index (χ3n) is 5.03. The lowest BCUT2D eigenvalue weighted by Gasteiger charge is -2.17. The highest BCUT2D eigenvalue weighted by molar-refractivity contribution is 6.31. The summed E-state index contributed by atoms with van der Waals surface area (Å²) in [6.07, 6.45) is 0. The largest absolute Gasteiger partial charge is 0.496 e. The van der Waals surface area contributed by atoms with Crippen LogP contribution in [-0.4, -0.2) is 32.7 Å². The normalized spacial score (nSPS) is 10.9. The van der Waals surface area contributed by atoms with Gasteiger partial charge in [-0.1, -0.05) is 35.3 Å². The van der Waals surface area contributed by atoms with Crippen LogP contribution in [-0.2, 0) is 0 Å². The summed E-state index contributed by atoms with van der Waals surface area (Å²) in [5, 5.41) is 11.0. The number of halogens is 2. The third kappa shape index (κ3) is 3.95. The molecule has 1 N–H and O–H groups in total. The molecule has 0 spiro atoms. The number of rotatable bonds is 5. The van der Waals surface area contributed by atoms with Gasteiger partial charge in [-0.25, -0.2) is 14.8 Å². The molecule has 0 aliphatic heterocycles. The number of carbonyl (C=O) groups is 1. The maximum atomic E-state index is 12.3. The second-order valence-corrected chi connectivity index (χ2v) is 8.09. The average molecular weight is 468 g/mol. The molecule has 162 valence electrons. The fourth-order valence-corrected chi connectivity index (χ4v) is 3.92. The number of ether oxygens (including phenoxy) is 1. The average Bonchev–Trinajstić information content (AvgIpc) is 3.16. The first-order chi connectivity index (χ1) is 15.3. The van der Waals surface area contributed by atoms with E-state index in [0.717, 1.165) is 11.3 Å². The Kier molecular flexibility index (Phi) is 5.91. The molecule has 0 bridgehead atoms. The van der Waals surface area contributed by atoms with Gasteiger partial charge in [0.15, 0.2) is 11.5 Å². The maximum Gasteiger partial charge on any atom is 0.356 e. The van der Waals surface area contributed by atoms with Crippen LogP contribution in [0.2, 0.25) is 10.0 Å². The van der Waals surface area contributed by atoms with E-state index < -0.39 is 5.97 Å². The lowest BCUT2D eigenvalue weighted by Crippen LogP contribution is -2.06. The molecule has 0 saturated carbocycles. The summed E-state index contributed by atoms with van der Waals surface area (Å²) in [6, 6.07) is 15.9. The summed E-state index contributed by atoms with van der Waals surface area (Å²) in [5.74, 6) is -0.357. The highest BCUT2D eigenvalue weighted by Gasteiger charge is 2.28. The van der Waals surface area contributed by atoms with E-state index in [1.165, 1.54) is 7.11 Å². The van der Waals surface area contributed by atoms with E-state index in [1.54, 1.807) is 41.0 Å². The van der Waals surface area contributed by atoms with E-state index in [2.05, 4.69) is 9.97 Å². The summed E-state index contributed by atoms with van der Waals surface area (Å²) < 4.78 is 7.28. The zero-order chi connectivity index (χ0) is 23.0. The number of carboxylic acid groups (broad SMARTS) is 1. The van der Waals surface area contributed by atoms with Crippen LogP contribution in [0.1, 0.15) is 21.7 Å². The Balaban J connectivity index is 2.19. The number of carboxylic acids is 1. The first-order valence-corrected chi connectivity index (χ1v) is 10.5. The van der Waals surface area contributed by atoms with Crippen molar-refractivity contribution in [3.05, 3.63) is 81.6 Å². The summed E-state index contributed by atoms with van der Waals surface area (Å²) in [4.78, 5) is 21.4. The molecule has 6 nitrogen and oxygen atoms in total. The molecular formula is C24H19Cl2N3O3. The molecule has 2 aromatic carbocycles. The molecule has 0 aliphatic rings. The van der Waals surface area contributed by atoms with E-state index in [9.17, 15) is 9.90 Å². The molecule has 32 heavy (non-hydrogen) atoms. The van der Waals surface area contributed by atoms with Crippen molar-refractivity contribution in [3.63, 3.8) is 0 Å². The first kappa shape index (κ1) is 21.9. The van der Waals surface area contributed by atoms with Gasteiger partial charge in [-0.15, -0.1) is 0 Å². The topological polar surface area (TPSA) is 77.2 Å².